The monoisotopic (exact) mass is 468 g/mol. The summed E-state index contributed by atoms with van der Waals surface area (Å²) in [5.41, 5.74) is 1.92. The van der Waals surface area contributed by atoms with Gasteiger partial charge in [0.15, 0.2) is 6.61 Å². The molecule has 0 bridgehead atoms. The molecule has 0 heterocycles. The summed E-state index contributed by atoms with van der Waals surface area (Å²) in [6, 6.07) is 19.3. The second-order valence-electron chi connectivity index (χ2n) is 7.01. The highest BCUT2D eigenvalue weighted by atomic mass is 32.2. The van der Waals surface area contributed by atoms with Crippen molar-refractivity contribution >= 4 is 33.3 Å². The molecule has 0 fully saturated rings. The van der Waals surface area contributed by atoms with Gasteiger partial charge in [-0.3, -0.25) is 9.52 Å². The lowest BCUT2D eigenvalue weighted by molar-refractivity contribution is -0.119. The maximum Gasteiger partial charge on any atom is 0.338 e. The van der Waals surface area contributed by atoms with E-state index in [1.54, 1.807) is 30.3 Å². The molecule has 0 radical (unpaired) electrons. The fourth-order valence-corrected chi connectivity index (χ4v) is 4.12. The van der Waals surface area contributed by atoms with Crippen LogP contribution in [-0.2, 0) is 26.0 Å². The van der Waals surface area contributed by atoms with Crippen LogP contribution >= 0.6 is 0 Å². The van der Waals surface area contributed by atoms with Gasteiger partial charge < -0.3 is 14.8 Å². The molecule has 0 saturated heterocycles. The normalized spacial score (nSPS) is 10.8. The molecule has 0 unspecified atom stereocenters. The average Bonchev–Trinajstić information content (AvgIpc) is 2.83. The number of benzene rings is 3. The van der Waals surface area contributed by atoms with Gasteiger partial charge >= 0.3 is 5.97 Å². The largest absolute Gasteiger partial charge is 0.495 e. The second kappa shape index (κ2) is 10.6. The van der Waals surface area contributed by atoms with Crippen molar-refractivity contribution in [2.75, 3.05) is 23.8 Å². The van der Waals surface area contributed by atoms with Crippen LogP contribution in [0.2, 0.25) is 0 Å². The number of ether oxygens (including phenoxy) is 2. The standard InChI is InChI=1S/C24H24N2O6S/c1-3-17-8-6-10-19(14-17)25-23(27)16-32-24(28)18-9-7-11-20(15-18)33(29,30)26-21-12-4-5-13-22(21)31-2/h4-15,26H,3,16H2,1-2H3,(H,25,27). The molecule has 8 nitrogen and oxygen atoms in total. The molecule has 0 aliphatic rings. The van der Waals surface area contributed by atoms with Gasteiger partial charge in [0.05, 0.1) is 23.3 Å². The predicted molar refractivity (Wildman–Crippen MR) is 125 cm³/mol. The molecule has 2 N–H and O–H groups in total. The van der Waals surface area contributed by atoms with Crippen molar-refractivity contribution in [1.82, 2.24) is 0 Å². The molecule has 0 atom stereocenters. The number of para-hydroxylation sites is 2. The smallest absolute Gasteiger partial charge is 0.338 e. The van der Waals surface area contributed by atoms with Crippen molar-refractivity contribution in [1.29, 1.82) is 0 Å². The van der Waals surface area contributed by atoms with Crippen LogP contribution in [0, 0.1) is 0 Å². The molecule has 3 aromatic rings. The molecular formula is C24H24N2O6S. The van der Waals surface area contributed by atoms with Gasteiger partial charge in [0, 0.05) is 5.69 Å². The third-order valence-corrected chi connectivity index (χ3v) is 6.05. The number of amides is 1. The first kappa shape index (κ1) is 23.8. The first-order valence-electron chi connectivity index (χ1n) is 10.1. The highest BCUT2D eigenvalue weighted by molar-refractivity contribution is 7.92. The van der Waals surface area contributed by atoms with Gasteiger partial charge in [0.25, 0.3) is 15.9 Å². The number of hydrogen-bond donors (Lipinski definition) is 2. The minimum Gasteiger partial charge on any atom is -0.495 e. The zero-order chi connectivity index (χ0) is 23.8. The Morgan fingerprint density at radius 3 is 2.45 bits per heavy atom. The summed E-state index contributed by atoms with van der Waals surface area (Å²) < 4.78 is 38.2. The van der Waals surface area contributed by atoms with Gasteiger partial charge in [-0.05, 0) is 54.4 Å². The van der Waals surface area contributed by atoms with Gasteiger partial charge in [-0.1, -0.05) is 37.3 Å². The summed E-state index contributed by atoms with van der Waals surface area (Å²) in [4.78, 5) is 24.4. The molecule has 3 aromatic carbocycles. The molecular weight excluding hydrogens is 444 g/mol. The number of carbonyl (C=O) groups is 2. The quantitative estimate of drug-likeness (QED) is 0.462. The zero-order valence-corrected chi connectivity index (χ0v) is 19.0. The number of aryl methyl sites for hydroxylation is 1. The summed E-state index contributed by atoms with van der Waals surface area (Å²) in [6.07, 6.45) is 0.823. The minimum absolute atomic E-state index is 0.00122. The van der Waals surface area contributed by atoms with E-state index in [0.717, 1.165) is 12.0 Å². The van der Waals surface area contributed by atoms with Crippen molar-refractivity contribution in [2.24, 2.45) is 0 Å². The van der Waals surface area contributed by atoms with E-state index in [1.165, 1.54) is 31.4 Å². The van der Waals surface area contributed by atoms with Crippen molar-refractivity contribution in [2.45, 2.75) is 18.2 Å². The molecule has 9 heteroatoms. The van der Waals surface area contributed by atoms with Crippen LogP contribution in [0.15, 0.2) is 77.7 Å². The lowest BCUT2D eigenvalue weighted by atomic mass is 10.1. The zero-order valence-electron chi connectivity index (χ0n) is 18.2. The Morgan fingerprint density at radius 2 is 1.70 bits per heavy atom. The van der Waals surface area contributed by atoms with E-state index in [1.807, 2.05) is 25.1 Å². The number of methoxy groups -OCH3 is 1. The van der Waals surface area contributed by atoms with Crippen molar-refractivity contribution in [3.63, 3.8) is 0 Å². The van der Waals surface area contributed by atoms with Crippen LogP contribution in [0.5, 0.6) is 5.75 Å². The first-order chi connectivity index (χ1) is 15.8. The topological polar surface area (TPSA) is 111 Å². The Hall–Kier alpha value is -3.85. The van der Waals surface area contributed by atoms with E-state index >= 15 is 0 Å². The molecule has 33 heavy (non-hydrogen) atoms. The van der Waals surface area contributed by atoms with E-state index in [0.29, 0.717) is 11.4 Å². The summed E-state index contributed by atoms with van der Waals surface area (Å²) in [5.74, 6) is -0.966. The maximum absolute atomic E-state index is 12.8. The molecule has 1 amide bonds. The van der Waals surface area contributed by atoms with Gasteiger partial charge in [0.2, 0.25) is 0 Å². The molecule has 0 spiro atoms. The SMILES string of the molecule is CCc1cccc(NC(=O)COC(=O)c2cccc(S(=O)(=O)Nc3ccccc3OC)c2)c1. The van der Waals surface area contributed by atoms with Crippen molar-refractivity contribution in [3.8, 4) is 5.75 Å². The maximum atomic E-state index is 12.8. The van der Waals surface area contributed by atoms with Crippen molar-refractivity contribution < 1.29 is 27.5 Å². The van der Waals surface area contributed by atoms with Gasteiger partial charge in [-0.25, -0.2) is 13.2 Å². The number of nitrogens with one attached hydrogen (secondary N) is 2. The molecule has 172 valence electrons. The second-order valence-corrected chi connectivity index (χ2v) is 8.69. The van der Waals surface area contributed by atoms with Crippen LogP contribution in [0.3, 0.4) is 0 Å². The molecule has 0 saturated carbocycles. The highest BCUT2D eigenvalue weighted by Crippen LogP contribution is 2.26. The molecule has 0 aromatic heterocycles. The average molecular weight is 469 g/mol. The van der Waals surface area contributed by atoms with Crippen LogP contribution in [0.1, 0.15) is 22.8 Å². The van der Waals surface area contributed by atoms with E-state index in [-0.39, 0.29) is 16.1 Å². The summed E-state index contributed by atoms with van der Waals surface area (Å²) in [6.45, 7) is 1.49. The molecule has 3 rings (SSSR count). The van der Waals surface area contributed by atoms with Crippen LogP contribution < -0.4 is 14.8 Å². The number of rotatable bonds is 9. The third kappa shape index (κ3) is 6.33. The van der Waals surface area contributed by atoms with Crippen LogP contribution in [0.25, 0.3) is 0 Å². The van der Waals surface area contributed by atoms with Crippen molar-refractivity contribution in [3.05, 3.63) is 83.9 Å². The fraction of sp³-hybridized carbons (Fsp3) is 0.167. The Kier molecular flexibility index (Phi) is 7.68. The summed E-state index contributed by atoms with van der Waals surface area (Å²) in [7, 11) is -2.57. The number of hydrogen-bond acceptors (Lipinski definition) is 6. The lowest BCUT2D eigenvalue weighted by Gasteiger charge is -2.12. The summed E-state index contributed by atoms with van der Waals surface area (Å²) >= 11 is 0. The van der Waals surface area contributed by atoms with E-state index in [2.05, 4.69) is 10.0 Å². The minimum atomic E-state index is -4.00. The molecule has 0 aliphatic carbocycles. The van der Waals surface area contributed by atoms with E-state index in [9.17, 15) is 18.0 Å². The highest BCUT2D eigenvalue weighted by Gasteiger charge is 2.19. The first-order valence-corrected chi connectivity index (χ1v) is 11.6. The number of esters is 1. The number of carbonyl (C=O) groups excluding carboxylic acids is 2. The molecule has 0 aliphatic heterocycles. The van der Waals surface area contributed by atoms with E-state index in [4.69, 9.17) is 9.47 Å². The Labute approximate surface area is 192 Å². The fourth-order valence-electron chi connectivity index (χ4n) is 3.00. The Balaban J connectivity index is 1.65. The van der Waals surface area contributed by atoms with E-state index < -0.39 is 28.5 Å². The predicted octanol–water partition coefficient (Wildman–Crippen LogP) is 3.85. The van der Waals surface area contributed by atoms with Crippen LogP contribution in [-0.4, -0.2) is 34.0 Å². The summed E-state index contributed by atoms with van der Waals surface area (Å²) in [5, 5.41) is 2.66. The number of sulfonamides is 1. The van der Waals surface area contributed by atoms with Gasteiger partial charge in [-0.15, -0.1) is 0 Å². The third-order valence-electron chi connectivity index (χ3n) is 4.68. The Bertz CT molecular complexity index is 1260. The Morgan fingerprint density at radius 1 is 0.939 bits per heavy atom. The van der Waals surface area contributed by atoms with Gasteiger partial charge in [-0.2, -0.15) is 0 Å². The lowest BCUT2D eigenvalue weighted by Crippen LogP contribution is -2.21. The number of anilines is 2. The van der Waals surface area contributed by atoms with Gasteiger partial charge in [0.1, 0.15) is 5.75 Å². The van der Waals surface area contributed by atoms with Crippen LogP contribution in [0.4, 0.5) is 11.4 Å².